The van der Waals surface area contributed by atoms with Gasteiger partial charge >= 0.3 is 88.0 Å². The average molecular weight is 409 g/mol. The molecule has 0 amide bonds. The van der Waals surface area contributed by atoms with Crippen LogP contribution in [-0.4, -0.2) is 21.2 Å². The molecule has 0 spiro atoms. The topological polar surface area (TPSA) is 12.0 Å². The molecule has 12 heavy (non-hydrogen) atoms. The average Bonchev–Trinajstić information content (AvgIpc) is 1.81. The quantitative estimate of drug-likeness (QED) is 0.429. The molecule has 0 aliphatic rings. The maximum absolute atomic E-state index is 12.2. The summed E-state index contributed by atoms with van der Waals surface area (Å²) in [6.07, 6.45) is -4.16. The predicted molar refractivity (Wildman–Crippen MR) is 62.1 cm³/mol. The van der Waals surface area contributed by atoms with Crippen LogP contribution < -0.4 is 5.32 Å². The van der Waals surface area contributed by atoms with Crippen LogP contribution in [0.3, 0.4) is 0 Å². The van der Waals surface area contributed by atoms with Gasteiger partial charge in [-0.2, -0.15) is 0 Å². The van der Waals surface area contributed by atoms with Crippen molar-refractivity contribution in [3.63, 3.8) is 0 Å². The van der Waals surface area contributed by atoms with Crippen molar-refractivity contribution < 1.29 is 13.2 Å². The fourth-order valence-electron chi connectivity index (χ4n) is 0.359. The van der Waals surface area contributed by atoms with Crippen LogP contribution >= 0.6 is 34.5 Å². The summed E-state index contributed by atoms with van der Waals surface area (Å²) in [5.41, 5.74) is -1.75. The zero-order valence-electron chi connectivity index (χ0n) is 7.10. The number of halogens is 5. The Morgan fingerprint density at radius 2 is 1.75 bits per heavy atom. The predicted octanol–water partition coefficient (Wildman–Crippen LogP) is 3.36. The van der Waals surface area contributed by atoms with Crippen molar-refractivity contribution >= 4 is 34.5 Å². The van der Waals surface area contributed by atoms with Gasteiger partial charge in [-0.15, -0.1) is 0 Å². The number of rotatable bonds is 3. The van der Waals surface area contributed by atoms with E-state index >= 15 is 0 Å². The molecular formula is C6H12F3I2N. The van der Waals surface area contributed by atoms with Gasteiger partial charge in [0.05, 0.1) is 0 Å². The molecule has 0 saturated heterocycles. The second-order valence-electron chi connectivity index (χ2n) is 2.94. The van der Waals surface area contributed by atoms with E-state index in [-0.39, 0.29) is 0 Å². The van der Waals surface area contributed by atoms with E-state index in [1.807, 2.05) is 4.93 Å². The Labute approximate surface area is 87.4 Å². The second kappa shape index (κ2) is 4.63. The van der Waals surface area contributed by atoms with E-state index < -0.39 is 27.6 Å². The van der Waals surface area contributed by atoms with Crippen LogP contribution in [0.25, 0.3) is 0 Å². The van der Waals surface area contributed by atoms with Crippen molar-refractivity contribution in [2.75, 3.05) is 9.48 Å². The monoisotopic (exact) mass is 409 g/mol. The number of nitrogens with one attached hydrogen (secondary N) is 1. The summed E-state index contributed by atoms with van der Waals surface area (Å²) in [6.45, 7) is 2.34. The molecule has 76 valence electrons. The molecule has 0 fully saturated rings. The molecule has 0 saturated carbocycles. The first-order chi connectivity index (χ1) is 5.17. The van der Waals surface area contributed by atoms with Gasteiger partial charge in [-0.05, 0) is 0 Å². The summed E-state index contributed by atoms with van der Waals surface area (Å²) >= 11 is 1.10. The van der Waals surface area contributed by atoms with Gasteiger partial charge < -0.3 is 0 Å². The third-order valence-electron chi connectivity index (χ3n) is 1.40. The fraction of sp³-hybridized carbons (Fsp3) is 1.00. The summed E-state index contributed by atoms with van der Waals surface area (Å²) in [6, 6.07) is 0. The standard InChI is InChI=1S/C6H12F3I2N/c1-5(2,6(7,8)9)12-4-11(3)10/h12H,4H2,1-3H3. The SMILES string of the molecule is CI(I)CNC(C)(C)C(F)(F)F. The van der Waals surface area contributed by atoms with Crippen LogP contribution in [0, 0.1) is 0 Å². The minimum atomic E-state index is -4.16. The Kier molecular flexibility index (Phi) is 5.09. The Morgan fingerprint density at radius 1 is 1.33 bits per heavy atom. The molecule has 1 nitrogen and oxygen atoms in total. The van der Waals surface area contributed by atoms with E-state index in [9.17, 15) is 13.2 Å². The van der Waals surface area contributed by atoms with Gasteiger partial charge in [0, 0.05) is 0 Å². The van der Waals surface area contributed by atoms with E-state index in [1.54, 1.807) is 0 Å². The van der Waals surface area contributed by atoms with Crippen molar-refractivity contribution in [1.82, 2.24) is 5.32 Å². The number of hydrogen-bond donors (Lipinski definition) is 1. The molecule has 0 unspecified atom stereocenters. The molecule has 0 aromatic heterocycles. The van der Waals surface area contributed by atoms with Gasteiger partial charge in [-0.1, -0.05) is 0 Å². The third kappa shape index (κ3) is 4.45. The van der Waals surface area contributed by atoms with E-state index in [0.717, 1.165) is 0 Å². The molecule has 1 N–H and O–H groups in total. The van der Waals surface area contributed by atoms with Crippen LogP contribution in [0.5, 0.6) is 0 Å². The summed E-state index contributed by atoms with van der Waals surface area (Å²) < 4.78 is 37.2. The summed E-state index contributed by atoms with van der Waals surface area (Å²) in [5.74, 6) is 0. The molecule has 0 radical (unpaired) electrons. The molecule has 0 heterocycles. The first kappa shape index (κ1) is 13.2. The van der Waals surface area contributed by atoms with Gasteiger partial charge in [0.25, 0.3) is 0 Å². The van der Waals surface area contributed by atoms with Crippen LogP contribution in [0.15, 0.2) is 0 Å². The summed E-state index contributed by atoms with van der Waals surface area (Å²) in [7, 11) is 0. The second-order valence-corrected chi connectivity index (χ2v) is 16.0. The van der Waals surface area contributed by atoms with Gasteiger partial charge in [-0.25, -0.2) is 0 Å². The van der Waals surface area contributed by atoms with Crippen LogP contribution in [0.1, 0.15) is 13.8 Å². The first-order valence-corrected chi connectivity index (χ1v) is 13.2. The van der Waals surface area contributed by atoms with Crippen LogP contribution in [0.4, 0.5) is 13.2 Å². The van der Waals surface area contributed by atoms with Gasteiger partial charge in [0.2, 0.25) is 0 Å². The van der Waals surface area contributed by atoms with E-state index in [1.165, 1.54) is 13.8 Å². The fourth-order valence-corrected chi connectivity index (χ4v) is 2.81. The molecule has 0 aromatic carbocycles. The zero-order valence-corrected chi connectivity index (χ0v) is 11.4. The first-order valence-electron chi connectivity index (χ1n) is 3.21. The molecule has 0 aliphatic carbocycles. The Morgan fingerprint density at radius 3 is 2.00 bits per heavy atom. The Hall–Kier alpha value is 1.21. The Bertz CT molecular complexity index is 144. The number of alkyl halides is 5. The van der Waals surface area contributed by atoms with Gasteiger partial charge in [0.15, 0.2) is 0 Å². The third-order valence-corrected chi connectivity index (χ3v) is 4.77. The van der Waals surface area contributed by atoms with Gasteiger partial charge in [0.1, 0.15) is 0 Å². The molecular weight excluding hydrogens is 397 g/mol. The minimum absolute atomic E-state index is 0.525. The molecule has 0 atom stereocenters. The van der Waals surface area contributed by atoms with Crippen molar-refractivity contribution in [2.45, 2.75) is 25.6 Å². The van der Waals surface area contributed by atoms with E-state index in [4.69, 9.17) is 0 Å². The van der Waals surface area contributed by atoms with E-state index in [2.05, 4.69) is 23.9 Å². The van der Waals surface area contributed by atoms with E-state index in [0.29, 0.717) is 4.55 Å². The van der Waals surface area contributed by atoms with Crippen molar-refractivity contribution in [2.24, 2.45) is 0 Å². The van der Waals surface area contributed by atoms with Crippen LogP contribution in [-0.2, 0) is 0 Å². The molecule has 6 heteroatoms. The van der Waals surface area contributed by atoms with Crippen molar-refractivity contribution in [3.05, 3.63) is 0 Å². The summed E-state index contributed by atoms with van der Waals surface area (Å²) in [4.78, 5) is 2.02. The summed E-state index contributed by atoms with van der Waals surface area (Å²) in [5, 5.41) is 2.54. The zero-order chi connectivity index (χ0) is 9.99. The molecule has 0 aliphatic heterocycles. The van der Waals surface area contributed by atoms with Gasteiger partial charge in [-0.3, -0.25) is 0 Å². The van der Waals surface area contributed by atoms with Crippen LogP contribution in [0.2, 0.25) is 0 Å². The number of hydrogen-bond acceptors (Lipinski definition) is 1. The normalized spacial score (nSPS) is 14.8. The Balaban J connectivity index is 4.05. The molecule has 0 rings (SSSR count). The van der Waals surface area contributed by atoms with Crippen molar-refractivity contribution in [1.29, 1.82) is 0 Å². The molecule has 0 bridgehead atoms. The maximum atomic E-state index is 12.2. The van der Waals surface area contributed by atoms with Crippen molar-refractivity contribution in [3.8, 4) is 0 Å². The molecule has 0 aromatic rings.